The second kappa shape index (κ2) is 5.98. The molecule has 1 atom stereocenters. The Morgan fingerprint density at radius 2 is 2.10 bits per heavy atom. The predicted molar refractivity (Wildman–Crippen MR) is 79.2 cm³/mol. The zero-order valence-corrected chi connectivity index (χ0v) is 13.6. The van der Waals surface area contributed by atoms with Gasteiger partial charge in [-0.05, 0) is 26.3 Å². The molecular formula is C13H21N5O2S. The molecule has 0 aromatic carbocycles. The van der Waals surface area contributed by atoms with Crippen molar-refractivity contribution >= 4 is 10.0 Å². The maximum absolute atomic E-state index is 12.5. The molecule has 8 heteroatoms. The molecule has 0 radical (unpaired) electrons. The SMILES string of the molecule is CCCn1nccc1S(=O)(=O)NC(C)c1cnn(C)c1C. The predicted octanol–water partition coefficient (Wildman–Crippen LogP) is 1.37. The molecule has 0 bridgehead atoms. The molecule has 2 aromatic heterocycles. The van der Waals surface area contributed by atoms with Crippen molar-refractivity contribution in [2.75, 3.05) is 0 Å². The number of rotatable bonds is 6. The Balaban J connectivity index is 2.25. The van der Waals surface area contributed by atoms with Crippen molar-refractivity contribution in [3.8, 4) is 0 Å². The van der Waals surface area contributed by atoms with Gasteiger partial charge in [0.15, 0.2) is 5.03 Å². The first-order valence-electron chi connectivity index (χ1n) is 6.89. The first-order chi connectivity index (χ1) is 9.86. The van der Waals surface area contributed by atoms with Crippen LogP contribution in [-0.4, -0.2) is 28.0 Å². The average Bonchev–Trinajstić information content (AvgIpc) is 2.98. The molecule has 0 spiro atoms. The van der Waals surface area contributed by atoms with Gasteiger partial charge in [0.1, 0.15) is 0 Å². The molecule has 0 aliphatic rings. The minimum Gasteiger partial charge on any atom is -0.273 e. The van der Waals surface area contributed by atoms with Crippen molar-refractivity contribution in [2.24, 2.45) is 7.05 Å². The fourth-order valence-corrected chi connectivity index (χ4v) is 3.59. The third-order valence-electron chi connectivity index (χ3n) is 3.46. The van der Waals surface area contributed by atoms with E-state index in [0.717, 1.165) is 17.7 Å². The van der Waals surface area contributed by atoms with E-state index in [4.69, 9.17) is 0 Å². The summed E-state index contributed by atoms with van der Waals surface area (Å²) in [5.74, 6) is 0. The van der Waals surface area contributed by atoms with Crippen LogP contribution in [0.5, 0.6) is 0 Å². The van der Waals surface area contributed by atoms with Crippen molar-refractivity contribution in [1.29, 1.82) is 0 Å². The number of hydrogen-bond donors (Lipinski definition) is 1. The molecule has 0 saturated carbocycles. The monoisotopic (exact) mass is 311 g/mol. The van der Waals surface area contributed by atoms with E-state index in [2.05, 4.69) is 14.9 Å². The summed E-state index contributed by atoms with van der Waals surface area (Å²) in [7, 11) is -1.78. The molecule has 0 fully saturated rings. The number of nitrogens with one attached hydrogen (secondary N) is 1. The third kappa shape index (κ3) is 3.16. The summed E-state index contributed by atoms with van der Waals surface area (Å²) in [5.41, 5.74) is 1.80. The van der Waals surface area contributed by atoms with Crippen molar-refractivity contribution < 1.29 is 8.42 Å². The lowest BCUT2D eigenvalue weighted by atomic mass is 10.1. The number of sulfonamides is 1. The second-order valence-corrected chi connectivity index (χ2v) is 6.71. The van der Waals surface area contributed by atoms with Crippen molar-refractivity contribution in [2.45, 2.75) is 44.8 Å². The highest BCUT2D eigenvalue weighted by molar-refractivity contribution is 7.89. The average molecular weight is 311 g/mol. The van der Waals surface area contributed by atoms with Gasteiger partial charge in [-0.15, -0.1) is 0 Å². The summed E-state index contributed by atoms with van der Waals surface area (Å²) in [6.07, 6.45) is 4.01. The summed E-state index contributed by atoms with van der Waals surface area (Å²) in [6.45, 7) is 6.27. The van der Waals surface area contributed by atoms with Crippen LogP contribution in [0.2, 0.25) is 0 Å². The lowest BCUT2D eigenvalue weighted by Crippen LogP contribution is -2.29. The van der Waals surface area contributed by atoms with Gasteiger partial charge in [-0.2, -0.15) is 10.2 Å². The highest BCUT2D eigenvalue weighted by Gasteiger charge is 2.23. The first kappa shape index (κ1) is 15.7. The fraction of sp³-hybridized carbons (Fsp3) is 0.538. The third-order valence-corrected chi connectivity index (χ3v) is 5.02. The van der Waals surface area contributed by atoms with Crippen LogP contribution in [0.4, 0.5) is 0 Å². The molecule has 7 nitrogen and oxygen atoms in total. The molecule has 2 heterocycles. The molecule has 2 aromatic rings. The fourth-order valence-electron chi connectivity index (χ4n) is 2.23. The number of hydrogen-bond acceptors (Lipinski definition) is 4. The smallest absolute Gasteiger partial charge is 0.258 e. The molecule has 1 N–H and O–H groups in total. The van der Waals surface area contributed by atoms with Gasteiger partial charge in [0, 0.05) is 30.9 Å². The van der Waals surface area contributed by atoms with Crippen LogP contribution in [0.3, 0.4) is 0 Å². The number of nitrogens with zero attached hydrogens (tertiary/aromatic N) is 4. The molecule has 0 saturated heterocycles. The van der Waals surface area contributed by atoms with Crippen LogP contribution in [0, 0.1) is 6.92 Å². The van der Waals surface area contributed by atoms with Crippen LogP contribution >= 0.6 is 0 Å². The number of aryl methyl sites for hydroxylation is 2. The van der Waals surface area contributed by atoms with Crippen molar-refractivity contribution in [3.63, 3.8) is 0 Å². The molecule has 2 rings (SSSR count). The lowest BCUT2D eigenvalue weighted by molar-refractivity contribution is 0.517. The largest absolute Gasteiger partial charge is 0.273 e. The minimum absolute atomic E-state index is 0.192. The van der Waals surface area contributed by atoms with Gasteiger partial charge in [0.2, 0.25) is 0 Å². The standard InChI is InChI=1S/C13H21N5O2S/c1-5-8-18-13(6-7-14-18)21(19,20)16-10(2)12-9-15-17(4)11(12)3/h6-7,9-10,16H,5,8H2,1-4H3. The molecule has 1 unspecified atom stereocenters. The Morgan fingerprint density at radius 1 is 1.38 bits per heavy atom. The minimum atomic E-state index is -3.61. The van der Waals surface area contributed by atoms with E-state index in [-0.39, 0.29) is 11.1 Å². The first-order valence-corrected chi connectivity index (χ1v) is 8.37. The van der Waals surface area contributed by atoms with Crippen LogP contribution in [0.1, 0.15) is 37.6 Å². The van der Waals surface area contributed by atoms with Gasteiger partial charge in [0.05, 0.1) is 12.4 Å². The lowest BCUT2D eigenvalue weighted by Gasteiger charge is -2.15. The Labute approximate surface area is 125 Å². The molecular weight excluding hydrogens is 290 g/mol. The van der Waals surface area contributed by atoms with Gasteiger partial charge in [-0.3, -0.25) is 9.36 Å². The van der Waals surface area contributed by atoms with E-state index in [0.29, 0.717) is 6.54 Å². The normalized spacial score (nSPS) is 13.5. The van der Waals surface area contributed by atoms with Gasteiger partial charge in [-0.1, -0.05) is 6.92 Å². The van der Waals surface area contributed by atoms with Crippen molar-refractivity contribution in [1.82, 2.24) is 24.3 Å². The van der Waals surface area contributed by atoms with Crippen LogP contribution in [-0.2, 0) is 23.6 Å². The second-order valence-electron chi connectivity index (χ2n) is 5.04. The van der Waals surface area contributed by atoms with E-state index in [1.807, 2.05) is 27.8 Å². The highest BCUT2D eigenvalue weighted by Crippen LogP contribution is 2.19. The maximum Gasteiger partial charge on any atom is 0.258 e. The summed E-state index contributed by atoms with van der Waals surface area (Å²) in [5, 5.41) is 8.39. The summed E-state index contributed by atoms with van der Waals surface area (Å²) in [4.78, 5) is 0. The van der Waals surface area contributed by atoms with Crippen molar-refractivity contribution in [3.05, 3.63) is 29.7 Å². The molecule has 0 aliphatic carbocycles. The molecule has 0 amide bonds. The van der Waals surface area contributed by atoms with E-state index in [1.54, 1.807) is 10.9 Å². The molecule has 21 heavy (non-hydrogen) atoms. The Bertz CT molecular complexity index is 717. The quantitative estimate of drug-likeness (QED) is 0.873. The topological polar surface area (TPSA) is 81.8 Å². The summed E-state index contributed by atoms with van der Waals surface area (Å²) >= 11 is 0. The summed E-state index contributed by atoms with van der Waals surface area (Å²) < 4.78 is 30.9. The van der Waals surface area contributed by atoms with Crippen LogP contribution < -0.4 is 4.72 Å². The van der Waals surface area contributed by atoms with E-state index >= 15 is 0 Å². The van der Waals surface area contributed by atoms with Gasteiger partial charge >= 0.3 is 0 Å². The van der Waals surface area contributed by atoms with Gasteiger partial charge < -0.3 is 0 Å². The van der Waals surface area contributed by atoms with E-state index < -0.39 is 10.0 Å². The number of aromatic nitrogens is 4. The maximum atomic E-state index is 12.5. The van der Waals surface area contributed by atoms with E-state index in [1.165, 1.54) is 16.9 Å². The van der Waals surface area contributed by atoms with Crippen LogP contribution in [0.15, 0.2) is 23.5 Å². The zero-order valence-electron chi connectivity index (χ0n) is 12.7. The zero-order chi connectivity index (χ0) is 15.6. The Hall–Kier alpha value is -1.67. The van der Waals surface area contributed by atoms with E-state index in [9.17, 15) is 8.42 Å². The highest BCUT2D eigenvalue weighted by atomic mass is 32.2. The molecule has 116 valence electrons. The summed E-state index contributed by atoms with van der Waals surface area (Å²) in [6, 6.07) is 1.16. The molecule has 0 aliphatic heterocycles. The van der Waals surface area contributed by atoms with Gasteiger partial charge in [-0.25, -0.2) is 13.1 Å². The van der Waals surface area contributed by atoms with Crippen LogP contribution in [0.25, 0.3) is 0 Å². The Kier molecular flexibility index (Phi) is 4.48. The Morgan fingerprint density at radius 3 is 2.67 bits per heavy atom. The van der Waals surface area contributed by atoms with Gasteiger partial charge in [0.25, 0.3) is 10.0 Å².